The van der Waals surface area contributed by atoms with Crippen molar-refractivity contribution in [3.8, 4) is 0 Å². The second kappa shape index (κ2) is 5.85. The van der Waals surface area contributed by atoms with E-state index in [1.54, 1.807) is 0 Å². The van der Waals surface area contributed by atoms with Gasteiger partial charge in [0.25, 0.3) is 0 Å². The highest BCUT2D eigenvalue weighted by atomic mass is 19.4. The van der Waals surface area contributed by atoms with Gasteiger partial charge in [0, 0.05) is 6.54 Å². The molecule has 0 bridgehead atoms. The first-order chi connectivity index (χ1) is 6.39. The Hall–Kier alpha value is -0.780. The van der Waals surface area contributed by atoms with Crippen molar-refractivity contribution in [3.05, 3.63) is 0 Å². The minimum atomic E-state index is -4.68. The Kier molecular flexibility index (Phi) is 5.52. The summed E-state index contributed by atoms with van der Waals surface area (Å²) in [6.45, 7) is 1.76. The van der Waals surface area contributed by atoms with Gasteiger partial charge in [0.1, 0.15) is 0 Å². The Morgan fingerprint density at radius 1 is 1.50 bits per heavy atom. The zero-order chi connectivity index (χ0) is 11.2. The summed E-state index contributed by atoms with van der Waals surface area (Å²) in [6.07, 6.45) is -3.08. The summed E-state index contributed by atoms with van der Waals surface area (Å²) in [5, 5.41) is 10.8. The van der Waals surface area contributed by atoms with Crippen molar-refractivity contribution in [2.75, 3.05) is 13.1 Å². The highest BCUT2D eigenvalue weighted by Gasteiger charge is 2.44. The van der Waals surface area contributed by atoms with E-state index in [1.807, 2.05) is 6.92 Å². The monoisotopic (exact) mass is 213 g/mol. The fourth-order valence-electron chi connectivity index (χ4n) is 0.891. The summed E-state index contributed by atoms with van der Waals surface area (Å²) < 4.78 is 36.2. The van der Waals surface area contributed by atoms with E-state index in [9.17, 15) is 18.0 Å². The molecule has 0 aromatic carbocycles. The largest absolute Gasteiger partial charge is 0.481 e. The third-order valence-electron chi connectivity index (χ3n) is 1.75. The highest BCUT2D eigenvalue weighted by Crippen LogP contribution is 2.25. The van der Waals surface area contributed by atoms with Crippen molar-refractivity contribution >= 4 is 5.97 Å². The average Bonchev–Trinajstić information content (AvgIpc) is 2.01. The summed E-state index contributed by atoms with van der Waals surface area (Å²) in [4.78, 5) is 10.2. The zero-order valence-corrected chi connectivity index (χ0v) is 7.90. The van der Waals surface area contributed by atoms with Gasteiger partial charge in [-0.3, -0.25) is 4.79 Å². The number of hydrogen-bond donors (Lipinski definition) is 2. The molecule has 14 heavy (non-hydrogen) atoms. The lowest BCUT2D eigenvalue weighted by molar-refractivity contribution is -0.192. The summed E-state index contributed by atoms with van der Waals surface area (Å²) in [5.74, 6) is -4.14. The minimum absolute atomic E-state index is 0.413. The number of carboxylic acids is 1. The molecule has 1 atom stereocenters. The number of carboxylic acid groups (broad SMARTS) is 1. The maximum Gasteiger partial charge on any atom is 0.403 e. The van der Waals surface area contributed by atoms with Crippen LogP contribution in [0.4, 0.5) is 13.2 Å². The maximum atomic E-state index is 12.1. The fourth-order valence-corrected chi connectivity index (χ4v) is 0.891. The number of unbranched alkanes of at least 4 members (excludes halogenated alkanes) is 1. The van der Waals surface area contributed by atoms with E-state index in [4.69, 9.17) is 5.11 Å². The smallest absolute Gasteiger partial charge is 0.403 e. The van der Waals surface area contributed by atoms with Crippen LogP contribution in [0.2, 0.25) is 0 Å². The van der Waals surface area contributed by atoms with Gasteiger partial charge < -0.3 is 10.4 Å². The van der Waals surface area contributed by atoms with Gasteiger partial charge in [-0.15, -0.1) is 0 Å². The van der Waals surface area contributed by atoms with E-state index in [0.717, 1.165) is 12.8 Å². The minimum Gasteiger partial charge on any atom is -0.481 e. The second-order valence-electron chi connectivity index (χ2n) is 2.99. The summed E-state index contributed by atoms with van der Waals surface area (Å²) >= 11 is 0. The lowest BCUT2D eigenvalue weighted by Gasteiger charge is -2.16. The van der Waals surface area contributed by atoms with Gasteiger partial charge in [-0.2, -0.15) is 13.2 Å². The van der Waals surface area contributed by atoms with Crippen LogP contribution >= 0.6 is 0 Å². The van der Waals surface area contributed by atoms with Crippen LogP contribution in [-0.2, 0) is 4.79 Å². The van der Waals surface area contributed by atoms with Gasteiger partial charge in [-0.05, 0) is 13.0 Å². The molecule has 0 radical (unpaired) electrons. The van der Waals surface area contributed by atoms with Crippen LogP contribution in [-0.4, -0.2) is 30.3 Å². The molecule has 0 saturated heterocycles. The standard InChI is InChI=1S/C8H14F3NO2/c1-2-3-4-12-5-6(7(13)14)8(9,10)11/h6,12H,2-5H2,1H3,(H,13,14). The second-order valence-corrected chi connectivity index (χ2v) is 2.99. The van der Waals surface area contributed by atoms with Crippen LogP contribution in [0.1, 0.15) is 19.8 Å². The van der Waals surface area contributed by atoms with E-state index >= 15 is 0 Å². The summed E-state index contributed by atoms with van der Waals surface area (Å²) in [7, 11) is 0. The molecule has 2 N–H and O–H groups in total. The van der Waals surface area contributed by atoms with Gasteiger partial charge in [0.15, 0.2) is 5.92 Å². The van der Waals surface area contributed by atoms with Crippen LogP contribution in [0.5, 0.6) is 0 Å². The SMILES string of the molecule is CCCCNCC(C(=O)O)C(F)(F)F. The number of aliphatic carboxylic acids is 1. The van der Waals surface area contributed by atoms with Gasteiger partial charge in [0.2, 0.25) is 0 Å². The molecule has 84 valence electrons. The van der Waals surface area contributed by atoms with E-state index in [0.29, 0.717) is 6.54 Å². The van der Waals surface area contributed by atoms with Gasteiger partial charge in [0.05, 0.1) is 0 Å². The van der Waals surface area contributed by atoms with Crippen LogP contribution in [0, 0.1) is 5.92 Å². The van der Waals surface area contributed by atoms with Crippen LogP contribution in [0.15, 0.2) is 0 Å². The lowest BCUT2D eigenvalue weighted by Crippen LogP contribution is -2.39. The Morgan fingerprint density at radius 3 is 2.43 bits per heavy atom. The quantitative estimate of drug-likeness (QED) is 0.659. The number of nitrogens with one attached hydrogen (secondary N) is 1. The first-order valence-electron chi connectivity index (χ1n) is 4.39. The van der Waals surface area contributed by atoms with Crippen LogP contribution in [0.3, 0.4) is 0 Å². The molecule has 1 unspecified atom stereocenters. The van der Waals surface area contributed by atoms with Crippen LogP contribution < -0.4 is 5.32 Å². The molecule has 0 aromatic rings. The molecule has 6 heteroatoms. The Bertz CT molecular complexity index is 182. The molecular weight excluding hydrogens is 199 g/mol. The van der Waals surface area contributed by atoms with E-state index < -0.39 is 24.6 Å². The van der Waals surface area contributed by atoms with E-state index in [-0.39, 0.29) is 0 Å². The molecule has 3 nitrogen and oxygen atoms in total. The zero-order valence-electron chi connectivity index (χ0n) is 7.90. The Morgan fingerprint density at radius 2 is 2.07 bits per heavy atom. The maximum absolute atomic E-state index is 12.1. The highest BCUT2D eigenvalue weighted by molar-refractivity contribution is 5.71. The molecule has 0 aliphatic carbocycles. The topological polar surface area (TPSA) is 49.3 Å². The number of alkyl halides is 3. The lowest BCUT2D eigenvalue weighted by atomic mass is 10.1. The first-order valence-corrected chi connectivity index (χ1v) is 4.39. The molecule has 0 aliphatic rings. The van der Waals surface area contributed by atoms with Gasteiger partial charge in [-0.25, -0.2) is 0 Å². The van der Waals surface area contributed by atoms with Crippen molar-refractivity contribution in [1.29, 1.82) is 0 Å². The Labute approximate surface area is 80.3 Å². The molecule has 0 amide bonds. The molecule has 0 aliphatic heterocycles. The molecule has 0 aromatic heterocycles. The summed E-state index contributed by atoms with van der Waals surface area (Å²) in [6, 6.07) is 0. The number of carbonyl (C=O) groups is 1. The predicted molar refractivity (Wildman–Crippen MR) is 45.0 cm³/mol. The van der Waals surface area contributed by atoms with Crippen molar-refractivity contribution in [3.63, 3.8) is 0 Å². The number of rotatable bonds is 6. The van der Waals surface area contributed by atoms with Crippen molar-refractivity contribution in [1.82, 2.24) is 5.32 Å². The normalized spacial score (nSPS) is 14.0. The first kappa shape index (κ1) is 13.2. The molecule has 0 fully saturated rings. The van der Waals surface area contributed by atoms with Gasteiger partial charge in [-0.1, -0.05) is 13.3 Å². The number of hydrogen-bond acceptors (Lipinski definition) is 2. The average molecular weight is 213 g/mol. The van der Waals surface area contributed by atoms with E-state index in [1.165, 1.54) is 0 Å². The molecule has 0 spiro atoms. The van der Waals surface area contributed by atoms with Crippen molar-refractivity contribution in [2.45, 2.75) is 25.9 Å². The van der Waals surface area contributed by atoms with Crippen molar-refractivity contribution in [2.24, 2.45) is 5.92 Å². The fraction of sp³-hybridized carbons (Fsp3) is 0.875. The third-order valence-corrected chi connectivity index (χ3v) is 1.75. The van der Waals surface area contributed by atoms with Crippen molar-refractivity contribution < 1.29 is 23.1 Å². The predicted octanol–water partition coefficient (Wildman–Crippen LogP) is 1.64. The molecular formula is C8H14F3NO2. The molecule has 0 saturated carbocycles. The molecule has 0 heterocycles. The summed E-state index contributed by atoms with van der Waals surface area (Å²) in [5.41, 5.74) is 0. The van der Waals surface area contributed by atoms with Crippen LogP contribution in [0.25, 0.3) is 0 Å². The molecule has 0 rings (SSSR count). The Balaban J connectivity index is 3.94. The van der Waals surface area contributed by atoms with E-state index in [2.05, 4.69) is 5.32 Å². The van der Waals surface area contributed by atoms with Gasteiger partial charge >= 0.3 is 12.1 Å². The third kappa shape index (κ3) is 5.06. The number of halogens is 3.